The summed E-state index contributed by atoms with van der Waals surface area (Å²) in [6, 6.07) is 5.13. The summed E-state index contributed by atoms with van der Waals surface area (Å²) in [7, 11) is -0.549. The van der Waals surface area contributed by atoms with Crippen LogP contribution in [0, 0.1) is 0 Å². The third kappa shape index (κ3) is 4.22. The molecule has 2 saturated heterocycles. The number of anilines is 2. The van der Waals surface area contributed by atoms with E-state index in [1.807, 2.05) is 38.7 Å². The lowest BCUT2D eigenvalue weighted by atomic mass is 9.79. The second kappa shape index (κ2) is 8.55. The SMILES string of the molecule is CC1(C)OB(c2ccc(C(=O)NC3CCN(c4ncc(Cl)c5c(N)noc45)C3)c(Cl)c2)OC1(C)C. The van der Waals surface area contributed by atoms with Crippen LogP contribution in [0.2, 0.25) is 10.0 Å². The molecule has 12 heteroatoms. The van der Waals surface area contributed by atoms with Crippen LogP contribution < -0.4 is 21.4 Å². The lowest BCUT2D eigenvalue weighted by molar-refractivity contribution is 0.00578. The monoisotopic (exact) mass is 517 g/mol. The fourth-order valence-corrected chi connectivity index (χ4v) is 4.83. The molecule has 1 aromatic carbocycles. The zero-order valence-corrected chi connectivity index (χ0v) is 21.4. The number of nitrogens with two attached hydrogens (primary N) is 1. The average molecular weight is 518 g/mol. The third-order valence-corrected chi connectivity index (χ3v) is 7.65. The van der Waals surface area contributed by atoms with E-state index >= 15 is 0 Å². The second-order valence-corrected chi connectivity index (χ2v) is 10.7. The Labute approximate surface area is 213 Å². The van der Waals surface area contributed by atoms with Gasteiger partial charge in [-0.1, -0.05) is 34.4 Å². The zero-order chi connectivity index (χ0) is 25.1. The summed E-state index contributed by atoms with van der Waals surface area (Å²) in [5.74, 6) is 0.562. The molecule has 3 aromatic rings. The Morgan fingerprint density at radius 1 is 1.20 bits per heavy atom. The molecule has 2 fully saturated rings. The summed E-state index contributed by atoms with van der Waals surface area (Å²) in [6.07, 6.45) is 2.25. The van der Waals surface area contributed by atoms with Crippen LogP contribution in [0.5, 0.6) is 0 Å². The number of nitrogen functional groups attached to an aromatic ring is 1. The molecule has 2 aliphatic heterocycles. The first-order valence-electron chi connectivity index (χ1n) is 11.4. The van der Waals surface area contributed by atoms with E-state index in [1.165, 1.54) is 6.20 Å². The van der Waals surface area contributed by atoms with Crippen molar-refractivity contribution in [3.05, 3.63) is 40.0 Å². The van der Waals surface area contributed by atoms with Gasteiger partial charge in [-0.3, -0.25) is 4.79 Å². The Morgan fingerprint density at radius 2 is 1.91 bits per heavy atom. The smallest absolute Gasteiger partial charge is 0.399 e. The van der Waals surface area contributed by atoms with Crippen LogP contribution in [0.25, 0.3) is 11.0 Å². The molecule has 184 valence electrons. The van der Waals surface area contributed by atoms with Gasteiger partial charge in [-0.2, -0.15) is 0 Å². The second-order valence-electron chi connectivity index (χ2n) is 9.93. The number of benzene rings is 1. The van der Waals surface area contributed by atoms with Crippen molar-refractivity contribution in [3.63, 3.8) is 0 Å². The summed E-state index contributed by atoms with van der Waals surface area (Å²) in [5.41, 5.74) is 6.54. The molecule has 3 N–H and O–H groups in total. The van der Waals surface area contributed by atoms with Gasteiger partial charge < -0.3 is 29.8 Å². The third-order valence-electron chi connectivity index (χ3n) is 7.05. The summed E-state index contributed by atoms with van der Waals surface area (Å²) in [4.78, 5) is 19.4. The summed E-state index contributed by atoms with van der Waals surface area (Å²) >= 11 is 12.7. The van der Waals surface area contributed by atoms with E-state index in [1.54, 1.807) is 12.1 Å². The maximum Gasteiger partial charge on any atom is 0.494 e. The lowest BCUT2D eigenvalue weighted by Gasteiger charge is -2.32. The van der Waals surface area contributed by atoms with E-state index < -0.39 is 18.3 Å². The van der Waals surface area contributed by atoms with Crippen molar-refractivity contribution in [2.75, 3.05) is 23.7 Å². The Balaban J connectivity index is 1.27. The van der Waals surface area contributed by atoms with Gasteiger partial charge in [0.25, 0.3) is 5.91 Å². The largest absolute Gasteiger partial charge is 0.494 e. The Hall–Kier alpha value is -2.53. The fourth-order valence-electron chi connectivity index (χ4n) is 4.33. The van der Waals surface area contributed by atoms with Crippen LogP contribution in [0.4, 0.5) is 11.6 Å². The Bertz CT molecular complexity index is 1300. The number of aromatic nitrogens is 2. The van der Waals surface area contributed by atoms with Gasteiger partial charge in [0.05, 0.1) is 32.2 Å². The van der Waals surface area contributed by atoms with E-state index in [0.717, 1.165) is 11.9 Å². The predicted molar refractivity (Wildman–Crippen MR) is 136 cm³/mol. The lowest BCUT2D eigenvalue weighted by Crippen LogP contribution is -2.41. The zero-order valence-electron chi connectivity index (χ0n) is 19.9. The number of pyridine rings is 1. The van der Waals surface area contributed by atoms with Crippen LogP contribution in [-0.2, 0) is 9.31 Å². The highest BCUT2D eigenvalue weighted by Gasteiger charge is 2.51. The molecule has 0 aliphatic carbocycles. The molecule has 0 saturated carbocycles. The number of halogens is 2. The molecular formula is C23H26BCl2N5O4. The standard InChI is InChI=1S/C23H26BCl2N5O4/c1-22(2)23(3,4)35-24(34-22)12-5-6-14(15(25)9-12)21(32)29-13-7-8-31(11-13)20-18-17(16(26)10-28-20)19(27)30-33-18/h5-6,9-10,13H,7-8,11H2,1-4H3,(H2,27,30)(H,29,32). The van der Waals surface area contributed by atoms with Crippen LogP contribution in [0.1, 0.15) is 44.5 Å². The van der Waals surface area contributed by atoms with Crippen LogP contribution in [0.3, 0.4) is 0 Å². The molecule has 5 rings (SSSR count). The number of hydrogen-bond donors (Lipinski definition) is 2. The normalized spacial score (nSPS) is 21.1. The van der Waals surface area contributed by atoms with Gasteiger partial charge in [-0.05, 0) is 51.7 Å². The maximum atomic E-state index is 13.0. The van der Waals surface area contributed by atoms with Gasteiger partial charge >= 0.3 is 7.12 Å². The van der Waals surface area contributed by atoms with Gasteiger partial charge in [0.1, 0.15) is 0 Å². The van der Waals surface area contributed by atoms with Crippen molar-refractivity contribution in [2.24, 2.45) is 0 Å². The number of carbonyl (C=O) groups excluding carboxylic acids is 1. The van der Waals surface area contributed by atoms with E-state index in [-0.39, 0.29) is 17.8 Å². The predicted octanol–water partition coefficient (Wildman–Crippen LogP) is 3.42. The molecule has 4 heterocycles. The average Bonchev–Trinajstić information content (AvgIpc) is 3.45. The van der Waals surface area contributed by atoms with E-state index in [4.69, 9.17) is 42.8 Å². The highest BCUT2D eigenvalue weighted by atomic mass is 35.5. The van der Waals surface area contributed by atoms with Crippen LogP contribution in [-0.4, -0.2) is 53.5 Å². The summed E-state index contributed by atoms with van der Waals surface area (Å²) in [6.45, 7) is 9.17. The number of fused-ring (bicyclic) bond motifs is 1. The van der Waals surface area contributed by atoms with Crippen LogP contribution >= 0.6 is 23.2 Å². The molecule has 0 bridgehead atoms. The molecule has 1 unspecified atom stereocenters. The minimum absolute atomic E-state index is 0.103. The van der Waals surface area contributed by atoms with E-state index in [2.05, 4.69) is 15.5 Å². The van der Waals surface area contributed by atoms with Gasteiger partial charge in [0, 0.05) is 25.3 Å². The first-order chi connectivity index (χ1) is 16.5. The quantitative estimate of drug-likeness (QED) is 0.505. The number of nitrogens with one attached hydrogen (secondary N) is 1. The topological polar surface area (TPSA) is 116 Å². The van der Waals surface area contributed by atoms with Gasteiger partial charge in [0.2, 0.25) is 5.58 Å². The number of carbonyl (C=O) groups is 1. The van der Waals surface area contributed by atoms with Gasteiger partial charge in [0.15, 0.2) is 11.6 Å². The minimum Gasteiger partial charge on any atom is -0.399 e. The van der Waals surface area contributed by atoms with Gasteiger partial charge in [-0.15, -0.1) is 0 Å². The maximum absolute atomic E-state index is 13.0. The van der Waals surface area contributed by atoms with E-state index in [9.17, 15) is 4.79 Å². The number of rotatable bonds is 4. The van der Waals surface area contributed by atoms with Crippen molar-refractivity contribution < 1.29 is 18.6 Å². The molecule has 35 heavy (non-hydrogen) atoms. The molecule has 0 radical (unpaired) electrons. The molecular weight excluding hydrogens is 492 g/mol. The fraction of sp³-hybridized carbons (Fsp3) is 0.435. The number of nitrogens with zero attached hydrogens (tertiary/aromatic N) is 3. The first-order valence-corrected chi connectivity index (χ1v) is 12.1. The molecule has 1 atom stereocenters. The van der Waals surface area contributed by atoms with Crippen LogP contribution in [0.15, 0.2) is 28.9 Å². The first kappa shape index (κ1) is 24.2. The number of hydrogen-bond acceptors (Lipinski definition) is 8. The van der Waals surface area contributed by atoms with Crippen molar-refractivity contribution in [3.8, 4) is 0 Å². The highest BCUT2D eigenvalue weighted by Crippen LogP contribution is 2.37. The van der Waals surface area contributed by atoms with E-state index in [0.29, 0.717) is 45.5 Å². The number of amides is 1. The van der Waals surface area contributed by atoms with Crippen molar-refractivity contribution >= 4 is 64.3 Å². The van der Waals surface area contributed by atoms with Gasteiger partial charge in [-0.25, -0.2) is 4.98 Å². The molecule has 0 spiro atoms. The molecule has 9 nitrogen and oxygen atoms in total. The molecule has 2 aliphatic rings. The Kier molecular flexibility index (Phi) is 5.91. The molecule has 1 amide bonds. The Morgan fingerprint density at radius 3 is 2.60 bits per heavy atom. The summed E-state index contributed by atoms with van der Waals surface area (Å²) in [5, 5.41) is 8.12. The minimum atomic E-state index is -0.549. The molecule has 2 aromatic heterocycles. The van der Waals surface area contributed by atoms with Crippen molar-refractivity contribution in [1.29, 1.82) is 0 Å². The van der Waals surface area contributed by atoms with Crippen molar-refractivity contribution in [1.82, 2.24) is 15.5 Å². The van der Waals surface area contributed by atoms with Crippen molar-refractivity contribution in [2.45, 2.75) is 51.4 Å². The summed E-state index contributed by atoms with van der Waals surface area (Å²) < 4.78 is 17.5. The highest BCUT2D eigenvalue weighted by molar-refractivity contribution is 6.62.